The van der Waals surface area contributed by atoms with Gasteiger partial charge in [-0.3, -0.25) is 4.79 Å². The van der Waals surface area contributed by atoms with E-state index in [1.54, 1.807) is 6.20 Å². The van der Waals surface area contributed by atoms with Gasteiger partial charge in [-0.15, -0.1) is 0 Å². The van der Waals surface area contributed by atoms with Crippen molar-refractivity contribution in [2.24, 2.45) is 5.73 Å². The fourth-order valence-electron chi connectivity index (χ4n) is 3.98. The molecule has 9 heteroatoms. The van der Waals surface area contributed by atoms with Crippen LogP contribution in [0.2, 0.25) is 0 Å². The van der Waals surface area contributed by atoms with Gasteiger partial charge >= 0.3 is 0 Å². The van der Waals surface area contributed by atoms with E-state index in [1.165, 1.54) is 23.6 Å². The Hall–Kier alpha value is -3.46. The molecule has 1 saturated heterocycles. The number of fused-ring (bicyclic) bond motifs is 2. The highest BCUT2D eigenvalue weighted by atomic mass is 16.5. The van der Waals surface area contributed by atoms with Crippen molar-refractivity contribution < 1.29 is 9.53 Å². The lowest BCUT2D eigenvalue weighted by atomic mass is 10.1. The van der Waals surface area contributed by atoms with Crippen LogP contribution in [0.15, 0.2) is 36.8 Å². The zero-order valence-electron chi connectivity index (χ0n) is 19.4. The average molecular weight is 450 g/mol. The lowest BCUT2D eigenvalue weighted by molar-refractivity contribution is 0.0706. The van der Waals surface area contributed by atoms with Crippen LogP contribution in [-0.4, -0.2) is 50.3 Å². The lowest BCUT2D eigenvalue weighted by Gasteiger charge is -2.24. The second-order valence-corrected chi connectivity index (χ2v) is 8.10. The molecule has 1 aliphatic rings. The van der Waals surface area contributed by atoms with Crippen LogP contribution in [0.5, 0.6) is 0 Å². The smallest absolute Gasteiger partial charge is 0.269 e. The highest BCUT2D eigenvalue weighted by Gasteiger charge is 2.22. The van der Waals surface area contributed by atoms with Crippen molar-refractivity contribution >= 4 is 28.3 Å². The van der Waals surface area contributed by atoms with Gasteiger partial charge in [0.15, 0.2) is 5.65 Å². The Kier molecular flexibility index (Phi) is 6.88. The molecule has 5 rings (SSSR count). The highest BCUT2D eigenvalue weighted by molar-refractivity contribution is 5.95. The van der Waals surface area contributed by atoms with Crippen molar-refractivity contribution in [3.8, 4) is 11.3 Å². The van der Waals surface area contributed by atoms with Gasteiger partial charge in [0.2, 0.25) is 0 Å². The molecule has 3 N–H and O–H groups in total. The number of carbonyl (C=O) groups is 1. The monoisotopic (exact) mass is 449 g/mol. The molecule has 9 nitrogen and oxygen atoms in total. The zero-order chi connectivity index (χ0) is 23.4. The van der Waals surface area contributed by atoms with Crippen molar-refractivity contribution in [2.45, 2.75) is 45.6 Å². The van der Waals surface area contributed by atoms with Crippen molar-refractivity contribution in [3.05, 3.63) is 42.5 Å². The molecule has 33 heavy (non-hydrogen) atoms. The normalized spacial score (nSPS) is 14.3. The zero-order valence-corrected chi connectivity index (χ0v) is 19.4. The van der Waals surface area contributed by atoms with Gasteiger partial charge in [-0.1, -0.05) is 26.7 Å². The third-order valence-corrected chi connectivity index (χ3v) is 5.94. The topological polar surface area (TPSA) is 112 Å². The van der Waals surface area contributed by atoms with Crippen LogP contribution in [0.1, 0.15) is 56.1 Å². The molecule has 0 radical (unpaired) electrons. The number of carbonyl (C=O) groups excluding carboxylic acids is 1. The van der Waals surface area contributed by atoms with Gasteiger partial charge in [-0.25, -0.2) is 14.5 Å². The number of unbranched alkanes of at least 4 members (excludes halogenated alkanes) is 1. The van der Waals surface area contributed by atoms with E-state index in [9.17, 15) is 4.79 Å². The number of imidazole rings is 1. The molecule has 0 aliphatic carbocycles. The van der Waals surface area contributed by atoms with Crippen LogP contribution in [0.25, 0.3) is 27.9 Å². The fourth-order valence-corrected chi connectivity index (χ4v) is 3.98. The highest BCUT2D eigenvalue weighted by Crippen LogP contribution is 2.34. The van der Waals surface area contributed by atoms with E-state index < -0.39 is 5.91 Å². The minimum Gasteiger partial charge on any atom is -0.385 e. The summed E-state index contributed by atoms with van der Waals surface area (Å²) >= 11 is 0. The maximum Gasteiger partial charge on any atom is 0.269 e. The summed E-state index contributed by atoms with van der Waals surface area (Å²) in [5.74, 6) is -0.574. The Morgan fingerprint density at radius 3 is 2.64 bits per heavy atom. The quantitative estimate of drug-likeness (QED) is 0.475. The first-order valence-corrected chi connectivity index (χ1v) is 11.5. The second kappa shape index (κ2) is 9.99. The first-order valence-electron chi connectivity index (χ1n) is 11.5. The minimum absolute atomic E-state index is 0.240. The molecule has 1 aliphatic heterocycles. The molecule has 4 aromatic heterocycles. The van der Waals surface area contributed by atoms with Crippen LogP contribution < -0.4 is 11.1 Å². The molecule has 4 aromatic rings. The summed E-state index contributed by atoms with van der Waals surface area (Å²) in [6.07, 6.45) is 9.88. The van der Waals surface area contributed by atoms with E-state index >= 15 is 0 Å². The third kappa shape index (κ3) is 4.41. The number of primary amides is 1. The Balaban J connectivity index is 0.000000601. The predicted molar refractivity (Wildman–Crippen MR) is 129 cm³/mol. The van der Waals surface area contributed by atoms with Gasteiger partial charge < -0.3 is 20.4 Å². The summed E-state index contributed by atoms with van der Waals surface area (Å²) in [7, 11) is 1.81. The van der Waals surface area contributed by atoms with Gasteiger partial charge in [-0.2, -0.15) is 5.10 Å². The van der Waals surface area contributed by atoms with Gasteiger partial charge in [0.05, 0.1) is 17.6 Å². The Morgan fingerprint density at radius 1 is 1.21 bits per heavy atom. The first-order chi connectivity index (χ1) is 16.1. The SMILES string of the molecule is CCCC.CNc1cc(-c2cn(C3CCOCC3)c3ncccc23)nn2c(C(N)=O)cnc12. The van der Waals surface area contributed by atoms with Crippen LogP contribution in [0.3, 0.4) is 0 Å². The molecule has 0 saturated carbocycles. The minimum atomic E-state index is -0.574. The van der Waals surface area contributed by atoms with Crippen LogP contribution in [0, 0.1) is 0 Å². The summed E-state index contributed by atoms with van der Waals surface area (Å²) in [6, 6.07) is 6.23. The summed E-state index contributed by atoms with van der Waals surface area (Å²) in [5.41, 5.74) is 9.65. The summed E-state index contributed by atoms with van der Waals surface area (Å²) in [5, 5.41) is 8.84. The van der Waals surface area contributed by atoms with Crippen LogP contribution in [-0.2, 0) is 4.74 Å². The summed E-state index contributed by atoms with van der Waals surface area (Å²) < 4.78 is 9.24. The maximum atomic E-state index is 11.8. The Bertz CT molecular complexity index is 1250. The molecular formula is C24H31N7O2. The number of hydrogen-bond acceptors (Lipinski definition) is 6. The fraction of sp³-hybridized carbons (Fsp3) is 0.417. The molecule has 0 atom stereocenters. The number of nitrogens with one attached hydrogen (secondary N) is 1. The first kappa shape index (κ1) is 22.7. The van der Waals surface area contributed by atoms with E-state index in [2.05, 4.69) is 39.9 Å². The molecule has 174 valence electrons. The largest absolute Gasteiger partial charge is 0.385 e. The van der Waals surface area contributed by atoms with Crippen molar-refractivity contribution in [2.75, 3.05) is 25.6 Å². The summed E-state index contributed by atoms with van der Waals surface area (Å²) in [4.78, 5) is 20.7. The molecule has 0 bridgehead atoms. The Labute approximate surface area is 193 Å². The van der Waals surface area contributed by atoms with E-state index in [1.807, 2.05) is 25.2 Å². The standard InChI is InChI=1S/C20H21N7O2.C4H10/c1-22-16-9-15(25-27-17(18(21)28)10-24-20(16)27)14-11-26(12-4-7-29-8-5-12)19-13(14)3-2-6-23-19;1-3-4-2/h2-3,6,9-12,22H,4-5,7-8H2,1H3,(H2,21,28);3-4H2,1-2H3. The van der Waals surface area contributed by atoms with Crippen molar-refractivity contribution in [1.82, 2.24) is 24.1 Å². The number of nitrogens with two attached hydrogens (primary N) is 1. The van der Waals surface area contributed by atoms with E-state index in [0.29, 0.717) is 17.4 Å². The molecule has 0 aromatic carbocycles. The van der Waals surface area contributed by atoms with Gasteiger partial charge in [-0.05, 0) is 31.0 Å². The van der Waals surface area contributed by atoms with Gasteiger partial charge in [0.25, 0.3) is 5.91 Å². The average Bonchev–Trinajstić information content (AvgIpc) is 3.46. The maximum absolute atomic E-state index is 11.8. The number of rotatable bonds is 5. The van der Waals surface area contributed by atoms with Crippen LogP contribution >= 0.6 is 0 Å². The molecular weight excluding hydrogens is 418 g/mol. The van der Waals surface area contributed by atoms with E-state index in [4.69, 9.17) is 15.6 Å². The molecule has 1 amide bonds. The molecule has 0 unspecified atom stereocenters. The number of aromatic nitrogens is 5. The number of amides is 1. The van der Waals surface area contributed by atoms with Gasteiger partial charge in [0.1, 0.15) is 11.3 Å². The summed E-state index contributed by atoms with van der Waals surface area (Å²) in [6.45, 7) is 5.86. The molecule has 5 heterocycles. The van der Waals surface area contributed by atoms with Crippen molar-refractivity contribution in [1.29, 1.82) is 0 Å². The molecule has 0 spiro atoms. The predicted octanol–water partition coefficient (Wildman–Crippen LogP) is 4.04. The lowest BCUT2D eigenvalue weighted by Crippen LogP contribution is -2.19. The van der Waals surface area contributed by atoms with Crippen LogP contribution in [0.4, 0.5) is 5.69 Å². The number of ether oxygens (including phenoxy) is 1. The number of pyridine rings is 1. The molecule has 1 fully saturated rings. The van der Waals surface area contributed by atoms with Crippen molar-refractivity contribution in [3.63, 3.8) is 0 Å². The Morgan fingerprint density at radius 2 is 1.97 bits per heavy atom. The van der Waals surface area contributed by atoms with Gasteiger partial charge in [0, 0.05) is 49.6 Å². The van der Waals surface area contributed by atoms with E-state index in [0.717, 1.165) is 48.3 Å². The van der Waals surface area contributed by atoms with E-state index in [-0.39, 0.29) is 5.69 Å². The number of hydrogen-bond donors (Lipinski definition) is 2. The number of anilines is 1. The number of nitrogens with zero attached hydrogens (tertiary/aromatic N) is 5. The third-order valence-electron chi connectivity index (χ3n) is 5.94. The second-order valence-electron chi connectivity index (χ2n) is 8.10.